The number of alkyl halides is 1. The SMILES string of the molecule is O=C(O)CO/N=C/CI. The van der Waals surface area contributed by atoms with Gasteiger partial charge in [0.15, 0.2) is 0 Å². The largest absolute Gasteiger partial charge is 0.479 e. The topological polar surface area (TPSA) is 58.9 Å². The average molecular weight is 243 g/mol. The van der Waals surface area contributed by atoms with E-state index in [0.29, 0.717) is 0 Å². The third kappa shape index (κ3) is 7.67. The lowest BCUT2D eigenvalue weighted by Crippen LogP contribution is -2.03. The van der Waals surface area contributed by atoms with Gasteiger partial charge in [-0.1, -0.05) is 27.7 Å². The van der Waals surface area contributed by atoms with Crippen molar-refractivity contribution in [2.24, 2.45) is 5.16 Å². The average Bonchev–Trinajstić information content (AvgIpc) is 1.80. The molecule has 0 aromatic carbocycles. The van der Waals surface area contributed by atoms with Crippen LogP contribution in [0.2, 0.25) is 0 Å². The molecule has 1 N–H and O–H groups in total. The molecule has 0 amide bonds. The van der Waals surface area contributed by atoms with Crippen LogP contribution in [0.15, 0.2) is 5.16 Å². The number of carboxylic acids is 1. The Hall–Kier alpha value is -0.330. The Labute approximate surface area is 66.0 Å². The third-order valence-corrected chi connectivity index (χ3v) is 0.800. The summed E-state index contributed by atoms with van der Waals surface area (Å²) >= 11 is 2.07. The summed E-state index contributed by atoms with van der Waals surface area (Å²) in [4.78, 5) is 14.1. The van der Waals surface area contributed by atoms with Crippen LogP contribution in [0, 0.1) is 0 Å². The van der Waals surface area contributed by atoms with Crippen LogP contribution in [-0.2, 0) is 9.63 Å². The fourth-order valence-corrected chi connectivity index (χ4v) is 0.334. The number of nitrogens with zero attached hydrogens (tertiary/aromatic N) is 1. The Morgan fingerprint density at radius 2 is 2.56 bits per heavy atom. The highest BCUT2D eigenvalue weighted by Gasteiger charge is 1.91. The molecule has 0 atom stereocenters. The Balaban J connectivity index is 3.09. The van der Waals surface area contributed by atoms with Crippen LogP contribution in [0.4, 0.5) is 0 Å². The zero-order valence-electron chi connectivity index (χ0n) is 4.58. The van der Waals surface area contributed by atoms with Crippen molar-refractivity contribution < 1.29 is 14.7 Å². The van der Waals surface area contributed by atoms with E-state index in [1.165, 1.54) is 6.21 Å². The molecule has 0 radical (unpaired) electrons. The normalized spacial score (nSPS) is 9.89. The zero-order valence-corrected chi connectivity index (χ0v) is 6.74. The van der Waals surface area contributed by atoms with E-state index in [1.54, 1.807) is 0 Å². The van der Waals surface area contributed by atoms with Crippen molar-refractivity contribution in [3.05, 3.63) is 0 Å². The van der Waals surface area contributed by atoms with Crippen molar-refractivity contribution in [2.75, 3.05) is 11.0 Å². The van der Waals surface area contributed by atoms with Crippen LogP contribution in [0.3, 0.4) is 0 Å². The van der Waals surface area contributed by atoms with E-state index in [2.05, 4.69) is 32.6 Å². The second kappa shape index (κ2) is 5.80. The van der Waals surface area contributed by atoms with Gasteiger partial charge in [-0.25, -0.2) is 4.79 Å². The van der Waals surface area contributed by atoms with E-state index in [1.807, 2.05) is 0 Å². The van der Waals surface area contributed by atoms with Gasteiger partial charge in [0, 0.05) is 4.43 Å². The molecular weight excluding hydrogens is 237 g/mol. The van der Waals surface area contributed by atoms with Gasteiger partial charge in [-0.2, -0.15) is 0 Å². The van der Waals surface area contributed by atoms with E-state index in [9.17, 15) is 4.79 Å². The first-order chi connectivity index (χ1) is 4.27. The van der Waals surface area contributed by atoms with Crippen LogP contribution in [0.5, 0.6) is 0 Å². The molecule has 0 saturated heterocycles. The first-order valence-corrected chi connectivity index (χ1v) is 3.71. The summed E-state index contributed by atoms with van der Waals surface area (Å²) in [5.41, 5.74) is 0. The summed E-state index contributed by atoms with van der Waals surface area (Å²) in [6.45, 7) is -0.368. The number of hydrogen-bond donors (Lipinski definition) is 1. The van der Waals surface area contributed by atoms with Gasteiger partial charge in [0.1, 0.15) is 0 Å². The number of rotatable bonds is 4. The maximum absolute atomic E-state index is 9.76. The maximum Gasteiger partial charge on any atom is 0.344 e. The number of oxime groups is 1. The highest BCUT2D eigenvalue weighted by Crippen LogP contribution is 1.77. The van der Waals surface area contributed by atoms with Crippen LogP contribution < -0.4 is 0 Å². The Kier molecular flexibility index (Phi) is 5.59. The molecule has 0 saturated carbocycles. The smallest absolute Gasteiger partial charge is 0.344 e. The molecule has 0 rings (SSSR count). The van der Waals surface area contributed by atoms with Gasteiger partial charge in [-0.15, -0.1) is 0 Å². The van der Waals surface area contributed by atoms with Gasteiger partial charge >= 0.3 is 5.97 Å². The van der Waals surface area contributed by atoms with Crippen molar-refractivity contribution in [3.63, 3.8) is 0 Å². The van der Waals surface area contributed by atoms with Crippen molar-refractivity contribution in [1.29, 1.82) is 0 Å². The highest BCUT2D eigenvalue weighted by molar-refractivity contribution is 14.1. The summed E-state index contributed by atoms with van der Waals surface area (Å²) in [6, 6.07) is 0. The molecule has 0 aliphatic rings. The maximum atomic E-state index is 9.76. The first-order valence-electron chi connectivity index (χ1n) is 2.19. The quantitative estimate of drug-likeness (QED) is 0.338. The third-order valence-electron chi connectivity index (χ3n) is 0.406. The number of halogens is 1. The van der Waals surface area contributed by atoms with E-state index < -0.39 is 5.97 Å². The first kappa shape index (κ1) is 8.67. The molecule has 0 aliphatic heterocycles. The molecule has 0 heterocycles. The minimum Gasteiger partial charge on any atom is -0.479 e. The molecule has 0 fully saturated rings. The molecule has 0 spiro atoms. The lowest BCUT2D eigenvalue weighted by atomic mass is 10.8. The number of carbonyl (C=O) groups is 1. The molecule has 5 heteroatoms. The van der Waals surface area contributed by atoms with Gasteiger partial charge in [-0.05, 0) is 0 Å². The molecule has 0 aromatic rings. The number of hydrogen-bond acceptors (Lipinski definition) is 3. The molecule has 0 bridgehead atoms. The fourth-order valence-electron chi connectivity index (χ4n) is 0.173. The predicted octanol–water partition coefficient (Wildman–Crippen LogP) is 0.508. The van der Waals surface area contributed by atoms with E-state index in [4.69, 9.17) is 5.11 Å². The molecule has 0 aromatic heterocycles. The summed E-state index contributed by atoms with van der Waals surface area (Å²) in [6.07, 6.45) is 1.49. The van der Waals surface area contributed by atoms with Crippen LogP contribution in [0.1, 0.15) is 0 Å². The molecule has 0 unspecified atom stereocenters. The van der Waals surface area contributed by atoms with Gasteiger partial charge in [0.05, 0.1) is 6.21 Å². The van der Waals surface area contributed by atoms with Crippen molar-refractivity contribution in [1.82, 2.24) is 0 Å². The summed E-state index contributed by atoms with van der Waals surface area (Å²) in [5, 5.41) is 11.3. The monoisotopic (exact) mass is 243 g/mol. The van der Waals surface area contributed by atoms with Crippen molar-refractivity contribution >= 4 is 34.8 Å². The number of carboxylic acid groups (broad SMARTS) is 1. The van der Waals surface area contributed by atoms with E-state index >= 15 is 0 Å². The Morgan fingerprint density at radius 1 is 1.89 bits per heavy atom. The van der Waals surface area contributed by atoms with E-state index in [0.717, 1.165) is 4.43 Å². The van der Waals surface area contributed by atoms with Crippen molar-refractivity contribution in [2.45, 2.75) is 0 Å². The molecular formula is C4H6INO3. The lowest BCUT2D eigenvalue weighted by Gasteiger charge is -1.89. The summed E-state index contributed by atoms with van der Waals surface area (Å²) in [5.74, 6) is -1.01. The lowest BCUT2D eigenvalue weighted by molar-refractivity contribution is -0.142. The minimum atomic E-state index is -1.01. The Morgan fingerprint density at radius 3 is 3.00 bits per heavy atom. The van der Waals surface area contributed by atoms with Crippen LogP contribution in [0.25, 0.3) is 0 Å². The fraction of sp³-hybridized carbons (Fsp3) is 0.500. The molecule has 9 heavy (non-hydrogen) atoms. The second-order valence-electron chi connectivity index (χ2n) is 1.11. The van der Waals surface area contributed by atoms with Gasteiger partial charge in [0.25, 0.3) is 0 Å². The molecule has 0 aliphatic carbocycles. The zero-order chi connectivity index (χ0) is 7.11. The van der Waals surface area contributed by atoms with Gasteiger partial charge in [0.2, 0.25) is 6.61 Å². The van der Waals surface area contributed by atoms with Gasteiger partial charge in [-0.3, -0.25) is 0 Å². The van der Waals surface area contributed by atoms with Crippen LogP contribution in [-0.4, -0.2) is 28.3 Å². The highest BCUT2D eigenvalue weighted by atomic mass is 127. The summed E-state index contributed by atoms with van der Waals surface area (Å²) in [7, 11) is 0. The molecule has 52 valence electrons. The van der Waals surface area contributed by atoms with Crippen LogP contribution >= 0.6 is 22.6 Å². The number of aliphatic carboxylic acids is 1. The van der Waals surface area contributed by atoms with Gasteiger partial charge < -0.3 is 9.94 Å². The van der Waals surface area contributed by atoms with Crippen molar-refractivity contribution in [3.8, 4) is 0 Å². The standard InChI is InChI=1S/C4H6INO3/c5-1-2-6-9-3-4(7)8/h2H,1,3H2,(H,7,8)/b6-2+. The van der Waals surface area contributed by atoms with E-state index in [-0.39, 0.29) is 6.61 Å². The summed E-state index contributed by atoms with van der Waals surface area (Å²) < 4.78 is 0.720. The second-order valence-corrected chi connectivity index (χ2v) is 1.99. The predicted molar refractivity (Wildman–Crippen MR) is 41.0 cm³/mol. The Bertz CT molecular complexity index is 114. The minimum absolute atomic E-state index is 0.368. The molecule has 4 nitrogen and oxygen atoms in total.